The Hall–Kier alpha value is -1.00. The molecule has 0 bridgehead atoms. The molecule has 1 aromatic rings. The van der Waals surface area contributed by atoms with E-state index in [0.717, 1.165) is 5.75 Å². The van der Waals surface area contributed by atoms with E-state index in [0.29, 0.717) is 5.17 Å². The number of hydrogen-bond donors (Lipinski definition) is 2. The summed E-state index contributed by atoms with van der Waals surface area (Å²) in [4.78, 5) is 4.32. The summed E-state index contributed by atoms with van der Waals surface area (Å²) >= 11 is 1.63. The number of rotatable bonds is 1. The summed E-state index contributed by atoms with van der Waals surface area (Å²) in [6.07, 6.45) is 0. The van der Waals surface area contributed by atoms with Crippen molar-refractivity contribution in [2.24, 2.45) is 16.5 Å². The highest BCUT2D eigenvalue weighted by molar-refractivity contribution is 8.14. The third-order valence-electron chi connectivity index (χ3n) is 1.86. The second kappa shape index (κ2) is 5.67. The van der Waals surface area contributed by atoms with Gasteiger partial charge in [-0.2, -0.15) is 0 Å². The van der Waals surface area contributed by atoms with Crippen molar-refractivity contribution in [1.29, 1.82) is 0 Å². The van der Waals surface area contributed by atoms with Gasteiger partial charge in [-0.15, -0.1) is 0 Å². The van der Waals surface area contributed by atoms with E-state index in [1.165, 1.54) is 12.6 Å². The van der Waals surface area contributed by atoms with E-state index in [2.05, 4.69) is 22.9 Å². The van der Waals surface area contributed by atoms with E-state index in [1.807, 2.05) is 18.2 Å². The Morgan fingerprint density at radius 1 is 1.29 bits per heavy atom. The lowest BCUT2D eigenvalue weighted by molar-refractivity contribution is 0.848. The molecule has 14 heavy (non-hydrogen) atoms. The molecule has 4 heteroatoms. The molecule has 0 saturated heterocycles. The number of thioether (sulfide) groups is 1. The van der Waals surface area contributed by atoms with Gasteiger partial charge in [0, 0.05) is 5.75 Å². The normalized spacial score (nSPS) is 19.6. The summed E-state index contributed by atoms with van der Waals surface area (Å²) in [7, 11) is 1.50. The molecule has 0 radical (unpaired) electrons. The average molecular weight is 209 g/mol. The van der Waals surface area contributed by atoms with Gasteiger partial charge in [0.15, 0.2) is 5.17 Å². The van der Waals surface area contributed by atoms with Crippen molar-refractivity contribution >= 4 is 16.9 Å². The average Bonchev–Trinajstić information content (AvgIpc) is 2.69. The molecule has 0 amide bonds. The quantitative estimate of drug-likeness (QED) is 0.734. The molecule has 2 rings (SSSR count). The maximum atomic E-state index is 5.58. The van der Waals surface area contributed by atoms with Crippen molar-refractivity contribution in [3.63, 3.8) is 0 Å². The zero-order valence-electron chi connectivity index (χ0n) is 8.18. The number of aliphatic imine (C=N–C) groups is 1. The lowest BCUT2D eigenvalue weighted by Gasteiger charge is -2.03. The van der Waals surface area contributed by atoms with Crippen LogP contribution >= 0.6 is 11.8 Å². The van der Waals surface area contributed by atoms with E-state index in [-0.39, 0.29) is 6.04 Å². The fourth-order valence-electron chi connectivity index (χ4n) is 1.24. The van der Waals surface area contributed by atoms with Gasteiger partial charge in [-0.1, -0.05) is 42.1 Å². The Kier molecular flexibility index (Phi) is 4.49. The molecular formula is C10H15N3S. The van der Waals surface area contributed by atoms with E-state index in [9.17, 15) is 0 Å². The predicted octanol–water partition coefficient (Wildman–Crippen LogP) is 1.36. The molecule has 1 atom stereocenters. The summed E-state index contributed by atoms with van der Waals surface area (Å²) in [5.74, 6) is 0.982. The van der Waals surface area contributed by atoms with E-state index < -0.39 is 0 Å². The summed E-state index contributed by atoms with van der Waals surface area (Å²) in [5.41, 5.74) is 11.3. The minimum atomic E-state index is 0.274. The van der Waals surface area contributed by atoms with Gasteiger partial charge >= 0.3 is 0 Å². The molecule has 0 aromatic heterocycles. The molecule has 1 aliphatic heterocycles. The number of nitrogens with two attached hydrogens (primary N) is 2. The van der Waals surface area contributed by atoms with Crippen LogP contribution < -0.4 is 11.5 Å². The van der Waals surface area contributed by atoms with Crippen LogP contribution in [0, 0.1) is 0 Å². The standard InChI is InChI=1S/C9H10N2S.CH5N/c10-9-11-8(6-12-9)7-4-2-1-3-5-7;1-2/h1-5,8H,6H2,(H2,10,11);2H2,1H3. The monoisotopic (exact) mass is 209 g/mol. The summed E-state index contributed by atoms with van der Waals surface area (Å²) in [5, 5.41) is 0.712. The third kappa shape index (κ3) is 2.75. The molecule has 4 N–H and O–H groups in total. The van der Waals surface area contributed by atoms with Crippen molar-refractivity contribution in [3.8, 4) is 0 Å². The van der Waals surface area contributed by atoms with Crippen molar-refractivity contribution in [2.75, 3.05) is 12.8 Å². The summed E-state index contributed by atoms with van der Waals surface area (Å²) in [6, 6.07) is 10.5. The summed E-state index contributed by atoms with van der Waals surface area (Å²) < 4.78 is 0. The Morgan fingerprint density at radius 3 is 2.43 bits per heavy atom. The fourth-order valence-corrected chi connectivity index (χ4v) is 2.04. The Balaban J connectivity index is 0.000000461. The van der Waals surface area contributed by atoms with Gasteiger partial charge in [0.25, 0.3) is 0 Å². The first-order valence-corrected chi connectivity index (χ1v) is 5.43. The van der Waals surface area contributed by atoms with Gasteiger partial charge in [0.05, 0.1) is 6.04 Å². The van der Waals surface area contributed by atoms with Gasteiger partial charge in [-0.05, 0) is 12.6 Å². The van der Waals surface area contributed by atoms with Crippen LogP contribution in [0.1, 0.15) is 11.6 Å². The van der Waals surface area contributed by atoms with Gasteiger partial charge in [0.2, 0.25) is 0 Å². The maximum Gasteiger partial charge on any atom is 0.154 e. The predicted molar refractivity (Wildman–Crippen MR) is 63.4 cm³/mol. The van der Waals surface area contributed by atoms with Gasteiger partial charge in [0.1, 0.15) is 0 Å². The Labute approximate surface area is 88.6 Å². The molecule has 1 heterocycles. The molecule has 1 unspecified atom stereocenters. The molecule has 0 fully saturated rings. The van der Waals surface area contributed by atoms with Crippen LogP contribution in [0.2, 0.25) is 0 Å². The highest BCUT2D eigenvalue weighted by atomic mass is 32.2. The van der Waals surface area contributed by atoms with Crippen LogP contribution in [0.15, 0.2) is 35.3 Å². The highest BCUT2D eigenvalue weighted by Gasteiger charge is 2.16. The molecular weight excluding hydrogens is 194 g/mol. The molecule has 1 aromatic carbocycles. The number of benzene rings is 1. The highest BCUT2D eigenvalue weighted by Crippen LogP contribution is 2.28. The fraction of sp³-hybridized carbons (Fsp3) is 0.300. The van der Waals surface area contributed by atoms with Crippen LogP contribution in [0.25, 0.3) is 0 Å². The lowest BCUT2D eigenvalue weighted by atomic mass is 10.1. The lowest BCUT2D eigenvalue weighted by Crippen LogP contribution is -2.01. The molecule has 1 aliphatic rings. The second-order valence-electron chi connectivity index (χ2n) is 2.70. The first-order chi connectivity index (χ1) is 6.86. The first kappa shape index (κ1) is 11.1. The van der Waals surface area contributed by atoms with Crippen LogP contribution in [-0.2, 0) is 0 Å². The SMILES string of the molecule is CN.NC1=NC(c2ccccc2)CS1. The zero-order chi connectivity index (χ0) is 10.4. The van der Waals surface area contributed by atoms with Crippen LogP contribution in [0.3, 0.4) is 0 Å². The van der Waals surface area contributed by atoms with Crippen LogP contribution in [0.5, 0.6) is 0 Å². The Morgan fingerprint density at radius 2 is 1.93 bits per heavy atom. The van der Waals surface area contributed by atoms with Gasteiger partial charge in [-0.25, -0.2) is 0 Å². The molecule has 0 spiro atoms. The minimum absolute atomic E-state index is 0.274. The molecule has 0 saturated carbocycles. The van der Waals surface area contributed by atoms with E-state index >= 15 is 0 Å². The number of amidine groups is 1. The largest absolute Gasteiger partial charge is 0.379 e. The Bertz CT molecular complexity index is 297. The number of hydrogen-bond acceptors (Lipinski definition) is 4. The van der Waals surface area contributed by atoms with E-state index in [1.54, 1.807) is 11.8 Å². The molecule has 3 nitrogen and oxygen atoms in total. The van der Waals surface area contributed by atoms with Gasteiger partial charge in [-0.3, -0.25) is 4.99 Å². The third-order valence-corrected chi connectivity index (χ3v) is 2.74. The number of nitrogens with zero attached hydrogens (tertiary/aromatic N) is 1. The van der Waals surface area contributed by atoms with Crippen molar-refractivity contribution < 1.29 is 0 Å². The van der Waals surface area contributed by atoms with Crippen molar-refractivity contribution in [3.05, 3.63) is 35.9 Å². The second-order valence-corrected chi connectivity index (χ2v) is 3.75. The zero-order valence-corrected chi connectivity index (χ0v) is 9.00. The van der Waals surface area contributed by atoms with Crippen LogP contribution in [-0.4, -0.2) is 18.0 Å². The van der Waals surface area contributed by atoms with Crippen molar-refractivity contribution in [1.82, 2.24) is 0 Å². The minimum Gasteiger partial charge on any atom is -0.379 e. The summed E-state index contributed by atoms with van der Waals surface area (Å²) in [6.45, 7) is 0. The van der Waals surface area contributed by atoms with E-state index in [4.69, 9.17) is 5.73 Å². The topological polar surface area (TPSA) is 64.4 Å². The first-order valence-electron chi connectivity index (χ1n) is 4.45. The van der Waals surface area contributed by atoms with Gasteiger partial charge < -0.3 is 11.5 Å². The molecule has 0 aliphatic carbocycles. The molecule has 76 valence electrons. The smallest absolute Gasteiger partial charge is 0.154 e. The maximum absolute atomic E-state index is 5.58. The van der Waals surface area contributed by atoms with Crippen LogP contribution in [0.4, 0.5) is 0 Å². The van der Waals surface area contributed by atoms with Crippen molar-refractivity contribution in [2.45, 2.75) is 6.04 Å².